The molecular weight excluding hydrogens is 422 g/mol. The van der Waals surface area contributed by atoms with Crippen LogP contribution in [0.4, 0.5) is 0 Å². The largest absolute Gasteiger partial charge is 0.457 e. The van der Waals surface area contributed by atoms with Crippen molar-refractivity contribution in [3.63, 3.8) is 0 Å². The summed E-state index contributed by atoms with van der Waals surface area (Å²) in [6.07, 6.45) is 5.00. The number of piperidine rings is 1. The molecule has 1 N–H and O–H groups in total. The molecular formula is C21H18ClN5O2S. The van der Waals surface area contributed by atoms with E-state index in [4.69, 9.17) is 21.4 Å². The number of carbonyl (C=O) groups is 1. The Labute approximate surface area is 182 Å². The van der Waals surface area contributed by atoms with Crippen LogP contribution in [-0.2, 0) is 4.79 Å². The first-order valence-corrected chi connectivity index (χ1v) is 10.9. The summed E-state index contributed by atoms with van der Waals surface area (Å²) in [4.78, 5) is 18.9. The predicted octanol–water partition coefficient (Wildman–Crippen LogP) is 4.66. The fraction of sp³-hybridized carbons (Fsp3) is 0.238. The lowest BCUT2D eigenvalue weighted by molar-refractivity contribution is -0.114. The van der Waals surface area contributed by atoms with E-state index in [1.54, 1.807) is 18.2 Å². The number of amides is 1. The lowest BCUT2D eigenvalue weighted by Gasteiger charge is -2.26. The average Bonchev–Trinajstić information content (AvgIpc) is 3.39. The van der Waals surface area contributed by atoms with Gasteiger partial charge in [-0.15, -0.1) is 5.10 Å². The Hall–Kier alpha value is -2.84. The van der Waals surface area contributed by atoms with Crippen LogP contribution >= 0.6 is 23.4 Å². The van der Waals surface area contributed by atoms with E-state index >= 15 is 0 Å². The van der Waals surface area contributed by atoms with Gasteiger partial charge in [-0.3, -0.25) is 10.2 Å². The third-order valence-electron chi connectivity index (χ3n) is 5.12. The van der Waals surface area contributed by atoms with E-state index in [1.165, 1.54) is 29.3 Å². The van der Waals surface area contributed by atoms with Crippen LogP contribution in [0.2, 0.25) is 5.02 Å². The second kappa shape index (κ2) is 7.77. The number of hydrogen-bond donors (Lipinski definition) is 1. The Morgan fingerprint density at radius 1 is 1.10 bits per heavy atom. The fourth-order valence-corrected chi connectivity index (χ4v) is 4.75. The summed E-state index contributed by atoms with van der Waals surface area (Å²) in [5.41, 5.74) is 0.906. The summed E-state index contributed by atoms with van der Waals surface area (Å²) in [5, 5.41) is 16.3. The van der Waals surface area contributed by atoms with Crippen LogP contribution in [0, 0.1) is 5.41 Å². The number of thioether (sulfide) groups is 1. The highest BCUT2D eigenvalue weighted by Gasteiger charge is 2.37. The zero-order valence-corrected chi connectivity index (χ0v) is 17.5. The van der Waals surface area contributed by atoms with Crippen molar-refractivity contribution in [3.05, 3.63) is 52.8 Å². The number of hydrazone groups is 1. The highest BCUT2D eigenvalue weighted by atomic mass is 35.5. The van der Waals surface area contributed by atoms with E-state index in [9.17, 15) is 4.79 Å². The minimum atomic E-state index is -0.468. The highest BCUT2D eigenvalue weighted by Crippen LogP contribution is 2.32. The van der Waals surface area contributed by atoms with E-state index in [0.717, 1.165) is 36.7 Å². The molecule has 0 unspecified atom stereocenters. The third kappa shape index (κ3) is 3.46. The lowest BCUT2D eigenvalue weighted by atomic mass is 10.1. The molecule has 0 bridgehead atoms. The molecule has 5 rings (SSSR count). The summed E-state index contributed by atoms with van der Waals surface area (Å²) in [5.74, 6) is 0.571. The molecule has 9 heteroatoms. The van der Waals surface area contributed by atoms with Gasteiger partial charge < -0.3 is 9.32 Å². The number of amidine groups is 3. The number of rotatable bonds is 2. The number of furan rings is 1. The summed E-state index contributed by atoms with van der Waals surface area (Å²) in [6, 6.07) is 10.9. The molecule has 0 aliphatic carbocycles. The first-order chi connectivity index (χ1) is 14.6. The van der Waals surface area contributed by atoms with Crippen molar-refractivity contribution in [2.75, 3.05) is 13.1 Å². The lowest BCUT2D eigenvalue weighted by Crippen LogP contribution is -2.35. The molecule has 1 saturated heterocycles. The minimum absolute atomic E-state index is 0.000188. The Bertz CT molecular complexity index is 1130. The molecule has 0 spiro atoms. The number of halogens is 1. The van der Waals surface area contributed by atoms with E-state index in [2.05, 4.69) is 15.0 Å². The van der Waals surface area contributed by atoms with Crippen molar-refractivity contribution in [3.8, 4) is 11.3 Å². The normalized spacial score (nSPS) is 20.5. The second-order valence-electron chi connectivity index (χ2n) is 7.13. The Morgan fingerprint density at radius 2 is 1.90 bits per heavy atom. The molecule has 1 fully saturated rings. The Balaban J connectivity index is 1.42. The van der Waals surface area contributed by atoms with Crippen molar-refractivity contribution in [2.24, 2.45) is 10.1 Å². The summed E-state index contributed by atoms with van der Waals surface area (Å²) in [6.45, 7) is 1.88. The number of hydrogen-bond acceptors (Lipinski definition) is 6. The number of likely N-dealkylation sites (tertiary alicyclic amines) is 1. The molecule has 1 aromatic carbocycles. The Kier molecular flexibility index (Phi) is 4.96. The molecule has 3 aliphatic heterocycles. The maximum absolute atomic E-state index is 12.6. The van der Waals surface area contributed by atoms with Gasteiger partial charge in [-0.2, -0.15) is 10.0 Å². The smallest absolute Gasteiger partial charge is 0.283 e. The van der Waals surface area contributed by atoms with Gasteiger partial charge in [0, 0.05) is 18.7 Å². The van der Waals surface area contributed by atoms with Gasteiger partial charge in [-0.1, -0.05) is 23.7 Å². The molecule has 1 aromatic heterocycles. The van der Waals surface area contributed by atoms with E-state index in [-0.39, 0.29) is 11.4 Å². The number of carbonyl (C=O) groups excluding carboxylic acids is 1. The maximum atomic E-state index is 12.6. The molecule has 30 heavy (non-hydrogen) atoms. The standard InChI is InChI=1S/C21H18ClN5O2S/c22-16-7-3-2-6-14(16)17-9-8-13(29-17)12-15-18(23)27-20(24-19(15)28)30-21(25-27)26-10-4-1-5-11-26/h2-3,6-9,12,23H,1,4-5,10-11H2/b15-12-,23-18?. The van der Waals surface area contributed by atoms with Crippen LogP contribution in [0.3, 0.4) is 0 Å². The van der Waals surface area contributed by atoms with Crippen molar-refractivity contribution >= 4 is 51.5 Å². The first kappa shape index (κ1) is 19.1. The van der Waals surface area contributed by atoms with Crippen molar-refractivity contribution in [2.45, 2.75) is 19.3 Å². The molecule has 152 valence electrons. The predicted molar refractivity (Wildman–Crippen MR) is 120 cm³/mol. The first-order valence-electron chi connectivity index (χ1n) is 9.70. The highest BCUT2D eigenvalue weighted by molar-refractivity contribution is 8.26. The SMILES string of the molecule is N=C1/C(=C/c2ccc(-c3ccccc3Cl)o2)C(=O)N=C2SC(N3CCCCC3)=NN12. The number of benzene rings is 1. The number of nitrogens with one attached hydrogen (secondary N) is 1. The van der Waals surface area contributed by atoms with Crippen LogP contribution < -0.4 is 0 Å². The van der Waals surface area contributed by atoms with Crippen LogP contribution in [0.25, 0.3) is 17.4 Å². The van der Waals surface area contributed by atoms with Crippen LogP contribution in [0.1, 0.15) is 25.0 Å². The monoisotopic (exact) mass is 439 g/mol. The fourth-order valence-electron chi connectivity index (χ4n) is 3.57. The zero-order valence-electron chi connectivity index (χ0n) is 16.0. The molecule has 0 saturated carbocycles. The van der Waals surface area contributed by atoms with Gasteiger partial charge in [0.1, 0.15) is 11.5 Å². The van der Waals surface area contributed by atoms with Gasteiger partial charge in [0.15, 0.2) is 11.0 Å². The number of fused-ring (bicyclic) bond motifs is 1. The summed E-state index contributed by atoms with van der Waals surface area (Å²) in [7, 11) is 0. The van der Waals surface area contributed by atoms with E-state index < -0.39 is 5.91 Å². The van der Waals surface area contributed by atoms with Gasteiger partial charge in [0.05, 0.1) is 10.6 Å². The quantitative estimate of drug-likeness (QED) is 0.687. The summed E-state index contributed by atoms with van der Waals surface area (Å²) >= 11 is 7.58. The molecule has 7 nitrogen and oxygen atoms in total. The van der Waals surface area contributed by atoms with Gasteiger partial charge in [-0.25, -0.2) is 0 Å². The topological polar surface area (TPSA) is 85.3 Å². The third-order valence-corrected chi connectivity index (χ3v) is 6.42. The second-order valence-corrected chi connectivity index (χ2v) is 8.47. The Morgan fingerprint density at radius 3 is 2.70 bits per heavy atom. The van der Waals surface area contributed by atoms with Crippen molar-refractivity contribution < 1.29 is 9.21 Å². The summed E-state index contributed by atoms with van der Waals surface area (Å²) < 4.78 is 5.85. The molecule has 4 heterocycles. The van der Waals surface area contributed by atoms with Gasteiger partial charge in [0.25, 0.3) is 5.91 Å². The zero-order chi connectivity index (χ0) is 20.7. The van der Waals surface area contributed by atoms with Crippen LogP contribution in [-0.4, -0.2) is 45.1 Å². The minimum Gasteiger partial charge on any atom is -0.457 e. The van der Waals surface area contributed by atoms with Crippen LogP contribution in [0.5, 0.6) is 0 Å². The maximum Gasteiger partial charge on any atom is 0.283 e. The van der Waals surface area contributed by atoms with E-state index in [0.29, 0.717) is 21.7 Å². The molecule has 0 radical (unpaired) electrons. The van der Waals surface area contributed by atoms with Crippen molar-refractivity contribution in [1.29, 1.82) is 5.41 Å². The average molecular weight is 440 g/mol. The van der Waals surface area contributed by atoms with Gasteiger partial charge in [0.2, 0.25) is 5.17 Å². The number of aliphatic imine (C=N–C) groups is 1. The van der Waals surface area contributed by atoms with Crippen LogP contribution in [0.15, 0.2) is 56.5 Å². The van der Waals surface area contributed by atoms with Crippen molar-refractivity contribution in [1.82, 2.24) is 9.91 Å². The molecule has 0 atom stereocenters. The molecule has 1 amide bonds. The van der Waals surface area contributed by atoms with Gasteiger partial charge >= 0.3 is 0 Å². The molecule has 2 aromatic rings. The number of nitrogens with zero attached hydrogens (tertiary/aromatic N) is 4. The van der Waals surface area contributed by atoms with Gasteiger partial charge in [-0.05, 0) is 61.4 Å². The molecule has 3 aliphatic rings. The van der Waals surface area contributed by atoms with E-state index in [1.807, 2.05) is 18.2 Å².